The number of aryl methyl sites for hydroxylation is 2. The Bertz CT molecular complexity index is 258. The van der Waals surface area contributed by atoms with Crippen LogP contribution in [0.5, 0.6) is 0 Å². The zero-order valence-electron chi connectivity index (χ0n) is 6.97. The summed E-state index contributed by atoms with van der Waals surface area (Å²) in [5.74, 6) is 0.117. The molecular weight excluding hydrogens is 158 g/mol. The maximum Gasteiger partial charge on any atom is 0.312 e. The lowest BCUT2D eigenvalue weighted by molar-refractivity contribution is -0.477. The predicted molar refractivity (Wildman–Crippen MR) is 46.1 cm³/mol. The second-order valence-corrected chi connectivity index (χ2v) is 3.93. The summed E-state index contributed by atoms with van der Waals surface area (Å²) in [6, 6.07) is 2.04. The number of hydrogen-bond acceptors (Lipinski definition) is 2. The van der Waals surface area contributed by atoms with Crippen LogP contribution in [0.15, 0.2) is 6.07 Å². The molecule has 1 heterocycles. The van der Waals surface area contributed by atoms with Crippen molar-refractivity contribution < 1.29 is 10.1 Å². The number of thiophene rings is 1. The van der Waals surface area contributed by atoms with Crippen molar-refractivity contribution in [3.05, 3.63) is 16.5 Å². The van der Waals surface area contributed by atoms with Crippen molar-refractivity contribution in [2.75, 3.05) is 0 Å². The highest BCUT2D eigenvalue weighted by molar-refractivity contribution is 7.15. The van der Waals surface area contributed by atoms with Gasteiger partial charge in [0.1, 0.15) is 0 Å². The van der Waals surface area contributed by atoms with Gasteiger partial charge in [-0.05, 0) is 19.4 Å². The van der Waals surface area contributed by atoms with Gasteiger partial charge < -0.3 is 0 Å². The summed E-state index contributed by atoms with van der Waals surface area (Å²) in [5.41, 5.74) is 1.27. The first-order chi connectivity index (χ1) is 5.09. The van der Waals surface area contributed by atoms with Gasteiger partial charge in [0.2, 0.25) is 0 Å². The standard InChI is InChI=1S/C8H11NOS/c1-5-4-8(9-7(3)10)11-6(5)2/h4H,1-3H3,(H,9,10)/p+1. The van der Waals surface area contributed by atoms with Crippen LogP contribution in [0.3, 0.4) is 0 Å². The number of primary amides is 1. The summed E-state index contributed by atoms with van der Waals surface area (Å²) in [4.78, 5) is 12.0. The molecule has 0 radical (unpaired) electrons. The molecule has 1 aromatic rings. The molecule has 0 aromatic carbocycles. The maximum absolute atomic E-state index is 10.7. The van der Waals surface area contributed by atoms with E-state index >= 15 is 0 Å². The van der Waals surface area contributed by atoms with Gasteiger partial charge in [-0.1, -0.05) is 11.3 Å². The predicted octanol–water partition coefficient (Wildman–Crippen LogP) is 1.11. The average Bonchev–Trinajstić information content (AvgIpc) is 2.10. The van der Waals surface area contributed by atoms with E-state index in [1.807, 2.05) is 6.07 Å². The molecular formula is C8H12NOS+. The molecule has 0 aliphatic carbocycles. The Hall–Kier alpha value is -0.670. The first-order valence-corrected chi connectivity index (χ1v) is 4.33. The fraction of sp³-hybridized carbons (Fsp3) is 0.375. The first-order valence-electron chi connectivity index (χ1n) is 3.52. The van der Waals surface area contributed by atoms with Gasteiger partial charge in [0.25, 0.3) is 0 Å². The van der Waals surface area contributed by atoms with E-state index in [0.29, 0.717) is 0 Å². The molecule has 1 amide bonds. The summed E-state index contributed by atoms with van der Waals surface area (Å²) >= 11 is 1.67. The smallest absolute Gasteiger partial charge is 0.242 e. The van der Waals surface area contributed by atoms with Crippen LogP contribution in [-0.2, 0) is 4.79 Å². The van der Waals surface area contributed by atoms with E-state index in [9.17, 15) is 4.79 Å². The lowest BCUT2D eigenvalue weighted by Crippen LogP contribution is -2.80. The van der Waals surface area contributed by atoms with Gasteiger partial charge in [0.05, 0.1) is 6.92 Å². The van der Waals surface area contributed by atoms with Crippen molar-refractivity contribution in [3.63, 3.8) is 0 Å². The van der Waals surface area contributed by atoms with Crippen molar-refractivity contribution in [2.45, 2.75) is 20.8 Å². The first kappa shape index (κ1) is 8.43. The van der Waals surface area contributed by atoms with Gasteiger partial charge in [-0.3, -0.25) is 0 Å². The monoisotopic (exact) mass is 170 g/mol. The molecule has 1 aromatic heterocycles. The van der Waals surface area contributed by atoms with E-state index in [1.165, 1.54) is 10.4 Å². The van der Waals surface area contributed by atoms with Gasteiger partial charge in [0.15, 0.2) is 5.00 Å². The molecule has 0 bridgehead atoms. The fourth-order valence-corrected chi connectivity index (χ4v) is 1.91. The van der Waals surface area contributed by atoms with E-state index in [0.717, 1.165) is 5.00 Å². The minimum Gasteiger partial charge on any atom is -0.242 e. The van der Waals surface area contributed by atoms with Crippen LogP contribution < -0.4 is 5.32 Å². The number of carbonyl (C=O) groups is 1. The number of nitrogens with two attached hydrogens (primary N) is 1. The molecule has 2 nitrogen and oxygen atoms in total. The Balaban J connectivity index is 2.81. The van der Waals surface area contributed by atoms with Crippen LogP contribution in [0.2, 0.25) is 0 Å². The molecule has 0 saturated carbocycles. The van der Waals surface area contributed by atoms with E-state index < -0.39 is 0 Å². The summed E-state index contributed by atoms with van der Waals surface area (Å²) in [7, 11) is 0. The quantitative estimate of drug-likeness (QED) is 0.673. The highest BCUT2D eigenvalue weighted by Gasteiger charge is 2.06. The molecule has 0 spiro atoms. The lowest BCUT2D eigenvalue weighted by Gasteiger charge is -1.85. The molecule has 0 saturated heterocycles. The average molecular weight is 170 g/mol. The number of hydrogen-bond donors (Lipinski definition) is 1. The number of carbonyl (C=O) groups excluding carboxylic acids is 1. The van der Waals surface area contributed by atoms with Crippen molar-refractivity contribution in [2.24, 2.45) is 0 Å². The fourth-order valence-electron chi connectivity index (χ4n) is 0.873. The van der Waals surface area contributed by atoms with Crippen LogP contribution in [-0.4, -0.2) is 5.91 Å². The Morgan fingerprint density at radius 2 is 2.18 bits per heavy atom. The third-order valence-corrected chi connectivity index (χ3v) is 2.63. The third-order valence-electron chi connectivity index (χ3n) is 1.53. The highest BCUT2D eigenvalue weighted by atomic mass is 32.1. The maximum atomic E-state index is 10.7. The second kappa shape index (κ2) is 3.15. The summed E-state index contributed by atoms with van der Waals surface area (Å²) < 4.78 is 0. The van der Waals surface area contributed by atoms with E-state index in [1.54, 1.807) is 23.6 Å². The molecule has 0 aliphatic heterocycles. The Morgan fingerprint density at radius 3 is 2.55 bits per heavy atom. The summed E-state index contributed by atoms with van der Waals surface area (Å²) in [5, 5.41) is 2.73. The minimum absolute atomic E-state index is 0.117. The van der Waals surface area contributed by atoms with Crippen LogP contribution in [0.25, 0.3) is 0 Å². The lowest BCUT2D eigenvalue weighted by atomic mass is 10.3. The van der Waals surface area contributed by atoms with Crippen LogP contribution >= 0.6 is 11.3 Å². The molecule has 1 rings (SSSR count). The zero-order chi connectivity index (χ0) is 8.43. The number of rotatable bonds is 1. The van der Waals surface area contributed by atoms with Crippen LogP contribution in [0.1, 0.15) is 17.4 Å². The molecule has 11 heavy (non-hydrogen) atoms. The molecule has 0 fully saturated rings. The van der Waals surface area contributed by atoms with Crippen LogP contribution in [0, 0.1) is 13.8 Å². The molecule has 0 aliphatic rings. The number of amides is 1. The largest absolute Gasteiger partial charge is 0.312 e. The van der Waals surface area contributed by atoms with Crippen molar-refractivity contribution in [1.82, 2.24) is 0 Å². The van der Waals surface area contributed by atoms with E-state index in [4.69, 9.17) is 0 Å². The Labute approximate surface area is 70.2 Å². The van der Waals surface area contributed by atoms with Gasteiger partial charge in [-0.25, -0.2) is 10.1 Å². The Kier molecular flexibility index (Phi) is 2.42. The SMILES string of the molecule is CC(=O)[NH2+]c1cc(C)c(C)s1. The normalized spacial score (nSPS) is 10.1. The molecule has 0 unspecified atom stereocenters. The van der Waals surface area contributed by atoms with E-state index in [2.05, 4.69) is 13.8 Å². The van der Waals surface area contributed by atoms with Gasteiger partial charge in [0, 0.05) is 10.9 Å². The number of quaternary nitrogens is 1. The molecule has 0 atom stereocenters. The van der Waals surface area contributed by atoms with Crippen molar-refractivity contribution in [3.8, 4) is 0 Å². The zero-order valence-corrected chi connectivity index (χ0v) is 7.79. The van der Waals surface area contributed by atoms with Crippen molar-refractivity contribution >= 4 is 22.2 Å². The van der Waals surface area contributed by atoms with Crippen molar-refractivity contribution in [1.29, 1.82) is 0 Å². The summed E-state index contributed by atoms with van der Waals surface area (Å²) in [6.45, 7) is 5.70. The van der Waals surface area contributed by atoms with E-state index in [-0.39, 0.29) is 5.91 Å². The van der Waals surface area contributed by atoms with Gasteiger partial charge in [-0.15, -0.1) is 0 Å². The Morgan fingerprint density at radius 1 is 1.55 bits per heavy atom. The van der Waals surface area contributed by atoms with Gasteiger partial charge >= 0.3 is 5.91 Å². The van der Waals surface area contributed by atoms with Crippen LogP contribution in [0.4, 0.5) is 5.00 Å². The molecule has 3 heteroatoms. The highest BCUT2D eigenvalue weighted by Crippen LogP contribution is 2.20. The van der Waals surface area contributed by atoms with Gasteiger partial charge in [-0.2, -0.15) is 0 Å². The third kappa shape index (κ3) is 2.13. The molecule has 2 N–H and O–H groups in total. The summed E-state index contributed by atoms with van der Waals surface area (Å²) in [6.07, 6.45) is 0. The minimum atomic E-state index is 0.117. The second-order valence-electron chi connectivity index (χ2n) is 2.64. The topological polar surface area (TPSA) is 33.7 Å². The molecule has 60 valence electrons.